The van der Waals surface area contributed by atoms with Crippen molar-refractivity contribution in [1.82, 2.24) is 9.29 Å². The molecular formula is C15H25N3O2S. The Labute approximate surface area is 127 Å². The van der Waals surface area contributed by atoms with Gasteiger partial charge in [0.25, 0.3) is 10.0 Å². The van der Waals surface area contributed by atoms with Crippen molar-refractivity contribution in [1.29, 1.82) is 0 Å². The molecule has 0 atom stereocenters. The third kappa shape index (κ3) is 3.95. The molecule has 6 heteroatoms. The van der Waals surface area contributed by atoms with E-state index in [2.05, 4.69) is 10.3 Å². The normalized spacial score (nSPS) is 15.7. The van der Waals surface area contributed by atoms with Crippen LogP contribution in [0.3, 0.4) is 0 Å². The minimum atomic E-state index is -3.56. The summed E-state index contributed by atoms with van der Waals surface area (Å²) in [4.78, 5) is 4.14. The monoisotopic (exact) mass is 311 g/mol. The number of pyridine rings is 1. The Balaban J connectivity index is 2.32. The van der Waals surface area contributed by atoms with Crippen LogP contribution in [-0.2, 0) is 10.0 Å². The van der Waals surface area contributed by atoms with Crippen LogP contribution in [0, 0.1) is 5.92 Å². The Kier molecular flexibility index (Phi) is 5.22. The van der Waals surface area contributed by atoms with E-state index in [0.717, 1.165) is 25.8 Å². The van der Waals surface area contributed by atoms with Crippen molar-refractivity contribution in [2.75, 3.05) is 18.4 Å². The zero-order valence-electron chi connectivity index (χ0n) is 13.0. The van der Waals surface area contributed by atoms with Gasteiger partial charge in [-0.1, -0.05) is 6.92 Å². The summed E-state index contributed by atoms with van der Waals surface area (Å²) in [5, 5.41) is 3.31. The van der Waals surface area contributed by atoms with Crippen LogP contribution in [0.1, 0.15) is 40.0 Å². The highest BCUT2D eigenvalue weighted by Gasteiger charge is 2.35. The van der Waals surface area contributed by atoms with Crippen molar-refractivity contribution in [3.05, 3.63) is 18.3 Å². The predicted octanol–water partition coefficient (Wildman–Crippen LogP) is 2.71. The molecule has 0 spiro atoms. The summed E-state index contributed by atoms with van der Waals surface area (Å²) in [5.41, 5.74) is 0.598. The maximum Gasteiger partial charge on any atom is 0.262 e. The Bertz CT molecular complexity index is 568. The lowest BCUT2D eigenvalue weighted by atomic mass is 10.3. The second-order valence-corrected chi connectivity index (χ2v) is 7.70. The molecule has 1 fully saturated rings. The largest absolute Gasteiger partial charge is 0.383 e. The molecule has 118 valence electrons. The lowest BCUT2D eigenvalue weighted by Crippen LogP contribution is -2.39. The second kappa shape index (κ2) is 6.75. The number of aromatic nitrogens is 1. The molecule has 1 saturated carbocycles. The van der Waals surface area contributed by atoms with Gasteiger partial charge in [0.2, 0.25) is 0 Å². The fourth-order valence-corrected chi connectivity index (χ4v) is 4.04. The van der Waals surface area contributed by atoms with Gasteiger partial charge in [-0.25, -0.2) is 13.4 Å². The van der Waals surface area contributed by atoms with Crippen molar-refractivity contribution in [3.63, 3.8) is 0 Å². The van der Waals surface area contributed by atoms with E-state index in [1.807, 2.05) is 20.8 Å². The van der Waals surface area contributed by atoms with Crippen LogP contribution in [0.15, 0.2) is 23.4 Å². The van der Waals surface area contributed by atoms with E-state index in [-0.39, 0.29) is 11.1 Å². The van der Waals surface area contributed by atoms with E-state index in [0.29, 0.717) is 18.2 Å². The lowest BCUT2D eigenvalue weighted by Gasteiger charge is -2.26. The summed E-state index contributed by atoms with van der Waals surface area (Å²) in [6.45, 7) is 7.22. The van der Waals surface area contributed by atoms with Crippen molar-refractivity contribution in [2.24, 2.45) is 5.92 Å². The van der Waals surface area contributed by atoms with E-state index in [1.54, 1.807) is 22.6 Å². The Morgan fingerprint density at radius 3 is 2.71 bits per heavy atom. The quantitative estimate of drug-likeness (QED) is 0.802. The molecule has 0 aliphatic heterocycles. The Hall–Kier alpha value is -1.14. The molecule has 0 amide bonds. The van der Waals surface area contributed by atoms with Gasteiger partial charge in [-0.3, -0.25) is 0 Å². The molecule has 0 unspecified atom stereocenters. The molecule has 1 aliphatic rings. The van der Waals surface area contributed by atoms with Crippen LogP contribution in [0.5, 0.6) is 0 Å². The van der Waals surface area contributed by atoms with Crippen molar-refractivity contribution >= 4 is 15.7 Å². The fourth-order valence-electron chi connectivity index (χ4n) is 2.24. The molecule has 0 bridgehead atoms. The van der Waals surface area contributed by atoms with Gasteiger partial charge in [0.15, 0.2) is 5.03 Å². The molecule has 0 radical (unpaired) electrons. The third-order valence-electron chi connectivity index (χ3n) is 3.60. The maximum absolute atomic E-state index is 12.9. The second-order valence-electron chi connectivity index (χ2n) is 5.89. The minimum Gasteiger partial charge on any atom is -0.383 e. The van der Waals surface area contributed by atoms with E-state index in [9.17, 15) is 8.42 Å². The first-order valence-corrected chi connectivity index (χ1v) is 9.11. The zero-order chi connectivity index (χ0) is 15.5. The van der Waals surface area contributed by atoms with Crippen LogP contribution >= 0.6 is 0 Å². The number of nitrogens with zero attached hydrogens (tertiary/aromatic N) is 2. The highest BCUT2D eigenvalue weighted by molar-refractivity contribution is 7.89. The third-order valence-corrected chi connectivity index (χ3v) is 5.60. The molecule has 21 heavy (non-hydrogen) atoms. The molecule has 0 saturated heterocycles. The summed E-state index contributed by atoms with van der Waals surface area (Å²) in [6, 6.07) is 3.49. The van der Waals surface area contributed by atoms with Gasteiger partial charge in [0.1, 0.15) is 0 Å². The average molecular weight is 311 g/mol. The highest BCUT2D eigenvalue weighted by atomic mass is 32.2. The molecule has 1 aromatic rings. The number of hydrogen-bond donors (Lipinski definition) is 1. The van der Waals surface area contributed by atoms with Crippen LogP contribution in [0.25, 0.3) is 0 Å². The first kappa shape index (κ1) is 16.2. The van der Waals surface area contributed by atoms with E-state index in [1.165, 1.54) is 0 Å². The van der Waals surface area contributed by atoms with Gasteiger partial charge in [0.05, 0.1) is 5.69 Å². The van der Waals surface area contributed by atoms with E-state index in [4.69, 9.17) is 0 Å². The smallest absolute Gasteiger partial charge is 0.262 e. The van der Waals surface area contributed by atoms with Gasteiger partial charge in [0, 0.05) is 25.3 Å². The highest BCUT2D eigenvalue weighted by Crippen LogP contribution is 2.33. The van der Waals surface area contributed by atoms with Gasteiger partial charge in [-0.2, -0.15) is 4.31 Å². The number of anilines is 1. The van der Waals surface area contributed by atoms with Gasteiger partial charge in [-0.05, 0) is 51.2 Å². The summed E-state index contributed by atoms with van der Waals surface area (Å²) >= 11 is 0. The summed E-state index contributed by atoms with van der Waals surface area (Å²) in [5.74, 6) is 0.512. The molecule has 1 N–H and O–H groups in total. The summed E-state index contributed by atoms with van der Waals surface area (Å²) < 4.78 is 27.5. The molecule has 1 heterocycles. The maximum atomic E-state index is 12.9. The molecule has 5 nitrogen and oxygen atoms in total. The van der Waals surface area contributed by atoms with Crippen LogP contribution < -0.4 is 5.32 Å². The van der Waals surface area contributed by atoms with E-state index < -0.39 is 10.0 Å². The van der Waals surface area contributed by atoms with Gasteiger partial charge >= 0.3 is 0 Å². The van der Waals surface area contributed by atoms with Crippen molar-refractivity contribution in [3.8, 4) is 0 Å². The Morgan fingerprint density at radius 2 is 2.14 bits per heavy atom. The predicted molar refractivity (Wildman–Crippen MR) is 84.8 cm³/mol. The van der Waals surface area contributed by atoms with Crippen LogP contribution in [-0.4, -0.2) is 36.8 Å². The molecule has 0 aromatic carbocycles. The SMILES string of the molecule is CCCNc1cccnc1S(=O)(=O)N(CC1CC1)C(C)C. The molecule has 1 aromatic heterocycles. The van der Waals surface area contributed by atoms with Gasteiger partial charge in [-0.15, -0.1) is 0 Å². The molecule has 2 rings (SSSR count). The first-order valence-electron chi connectivity index (χ1n) is 7.67. The van der Waals surface area contributed by atoms with Gasteiger partial charge < -0.3 is 5.32 Å². The lowest BCUT2D eigenvalue weighted by molar-refractivity contribution is 0.340. The fraction of sp³-hybridized carbons (Fsp3) is 0.667. The summed E-state index contributed by atoms with van der Waals surface area (Å²) in [6.07, 6.45) is 4.73. The first-order chi connectivity index (χ1) is 9.96. The van der Waals surface area contributed by atoms with Crippen LogP contribution in [0.4, 0.5) is 5.69 Å². The minimum absolute atomic E-state index is 0.0587. The summed E-state index contributed by atoms with van der Waals surface area (Å²) in [7, 11) is -3.56. The van der Waals surface area contributed by atoms with Crippen LogP contribution in [0.2, 0.25) is 0 Å². The zero-order valence-corrected chi connectivity index (χ0v) is 13.9. The standard InChI is InChI=1S/C15H25N3O2S/c1-4-9-16-14-6-5-10-17-15(14)21(19,20)18(12(2)3)11-13-7-8-13/h5-6,10,12-13,16H,4,7-9,11H2,1-3H3. The number of hydrogen-bond acceptors (Lipinski definition) is 4. The van der Waals surface area contributed by atoms with E-state index >= 15 is 0 Å². The number of nitrogens with one attached hydrogen (secondary N) is 1. The topological polar surface area (TPSA) is 62.3 Å². The average Bonchev–Trinajstić information content (AvgIpc) is 3.26. The molecule has 1 aliphatic carbocycles. The number of rotatable bonds is 8. The molecular weight excluding hydrogens is 286 g/mol. The van der Waals surface area contributed by atoms with Crippen molar-refractivity contribution in [2.45, 2.75) is 51.1 Å². The Morgan fingerprint density at radius 1 is 1.43 bits per heavy atom. The number of sulfonamides is 1. The van der Waals surface area contributed by atoms with Crippen molar-refractivity contribution < 1.29 is 8.42 Å².